The summed E-state index contributed by atoms with van der Waals surface area (Å²) in [6.45, 7) is 0. The van der Waals surface area contributed by atoms with Crippen LogP contribution in [-0.4, -0.2) is 22.4 Å². The van der Waals surface area contributed by atoms with Crippen LogP contribution in [0.4, 0.5) is 0 Å². The predicted molar refractivity (Wildman–Crippen MR) is 54.8 cm³/mol. The first-order chi connectivity index (χ1) is 5.95. The van der Waals surface area contributed by atoms with Crippen molar-refractivity contribution in [2.24, 2.45) is 10.8 Å². The fraction of sp³-hybridized carbons (Fsp3) is 0. The molecule has 0 aromatic rings. The van der Waals surface area contributed by atoms with Gasteiger partial charge in [-0.3, -0.25) is 5.43 Å². The summed E-state index contributed by atoms with van der Waals surface area (Å²) in [7, 11) is 0. The van der Waals surface area contributed by atoms with Crippen LogP contribution in [0.2, 0.25) is 0 Å². The van der Waals surface area contributed by atoms with Gasteiger partial charge in [0.15, 0.2) is 5.11 Å². The van der Waals surface area contributed by atoms with E-state index in [1.807, 2.05) is 0 Å². The summed E-state index contributed by atoms with van der Waals surface area (Å²) in [4.78, 5) is 10.2. The number of rotatable bonds is 3. The maximum absolute atomic E-state index is 10.2. The lowest BCUT2D eigenvalue weighted by Gasteiger charge is -1.94. The third-order valence-corrected chi connectivity index (χ3v) is 1.59. The summed E-state index contributed by atoms with van der Waals surface area (Å²) >= 11 is 15.1. The number of nitrogens with one attached hydrogen (secondary N) is 1. The lowest BCUT2D eigenvalue weighted by Crippen LogP contribution is -2.24. The summed E-state index contributed by atoms with van der Waals surface area (Å²) in [5.41, 5.74) is 7.19. The molecule has 0 bridgehead atoms. The number of thiocarbonyl (C=S) groups is 1. The summed E-state index contributed by atoms with van der Waals surface area (Å²) < 4.78 is 0. The van der Waals surface area contributed by atoms with E-state index in [1.165, 1.54) is 0 Å². The molecule has 0 aromatic carbocycles. The quantitative estimate of drug-likeness (QED) is 0.291. The van der Waals surface area contributed by atoms with E-state index in [-0.39, 0.29) is 10.1 Å². The van der Waals surface area contributed by atoms with Crippen molar-refractivity contribution in [2.75, 3.05) is 0 Å². The van der Waals surface area contributed by atoms with Gasteiger partial charge in [-0.15, -0.1) is 0 Å². The number of halogens is 2. The molecule has 0 aliphatic carbocycles. The van der Waals surface area contributed by atoms with Crippen LogP contribution in [0.25, 0.3) is 0 Å². The maximum Gasteiger partial charge on any atom is 0.348 e. The van der Waals surface area contributed by atoms with Gasteiger partial charge in [0.05, 0.1) is 11.2 Å². The SMILES string of the molecule is NC(=S)N/N=C/C(Cl)=C(\Cl)C(=O)O. The van der Waals surface area contributed by atoms with Gasteiger partial charge < -0.3 is 10.8 Å². The molecule has 0 heterocycles. The third-order valence-electron chi connectivity index (χ3n) is 0.750. The Balaban J connectivity index is 4.36. The van der Waals surface area contributed by atoms with Crippen LogP contribution >= 0.6 is 35.4 Å². The molecule has 0 saturated heterocycles. The summed E-state index contributed by atoms with van der Waals surface area (Å²) in [6, 6.07) is 0. The summed E-state index contributed by atoms with van der Waals surface area (Å²) in [6.07, 6.45) is 0.983. The summed E-state index contributed by atoms with van der Waals surface area (Å²) in [5.74, 6) is -1.34. The zero-order valence-electron chi connectivity index (χ0n) is 6.12. The highest BCUT2D eigenvalue weighted by atomic mass is 35.5. The van der Waals surface area contributed by atoms with Crippen LogP contribution < -0.4 is 11.2 Å². The first-order valence-corrected chi connectivity index (χ1v) is 3.98. The molecule has 4 N–H and O–H groups in total. The van der Waals surface area contributed by atoms with Crippen molar-refractivity contribution in [1.82, 2.24) is 5.43 Å². The highest BCUT2D eigenvalue weighted by molar-refractivity contribution is 7.80. The van der Waals surface area contributed by atoms with E-state index in [2.05, 4.69) is 22.7 Å². The Hall–Kier alpha value is -0.850. The Kier molecular flexibility index (Phi) is 5.36. The highest BCUT2D eigenvalue weighted by Gasteiger charge is 2.07. The minimum atomic E-state index is -1.34. The van der Waals surface area contributed by atoms with Crippen molar-refractivity contribution in [1.29, 1.82) is 0 Å². The van der Waals surface area contributed by atoms with Crippen LogP contribution in [0.15, 0.2) is 15.2 Å². The van der Waals surface area contributed by atoms with Crippen LogP contribution in [0, 0.1) is 0 Å². The van der Waals surface area contributed by atoms with Gasteiger partial charge in [0.25, 0.3) is 0 Å². The van der Waals surface area contributed by atoms with Crippen LogP contribution in [0.3, 0.4) is 0 Å². The van der Waals surface area contributed by atoms with Gasteiger partial charge in [0.1, 0.15) is 5.03 Å². The van der Waals surface area contributed by atoms with Gasteiger partial charge in [-0.1, -0.05) is 23.2 Å². The Morgan fingerprint density at radius 3 is 2.54 bits per heavy atom. The van der Waals surface area contributed by atoms with Crippen LogP contribution in [0.5, 0.6) is 0 Å². The number of hydrogen-bond acceptors (Lipinski definition) is 3. The van der Waals surface area contributed by atoms with Gasteiger partial charge in [-0.2, -0.15) is 5.10 Å². The molecule has 8 heteroatoms. The molecule has 0 spiro atoms. The number of carboxylic acids is 1. The van der Waals surface area contributed by atoms with Gasteiger partial charge in [-0.05, 0) is 12.2 Å². The number of hydrogen-bond donors (Lipinski definition) is 3. The Morgan fingerprint density at radius 1 is 1.62 bits per heavy atom. The molecule has 0 aromatic heterocycles. The van der Waals surface area contributed by atoms with E-state index in [1.54, 1.807) is 0 Å². The van der Waals surface area contributed by atoms with Crippen molar-refractivity contribution in [2.45, 2.75) is 0 Å². The first-order valence-electron chi connectivity index (χ1n) is 2.82. The lowest BCUT2D eigenvalue weighted by molar-refractivity contribution is -0.131. The van der Waals surface area contributed by atoms with E-state index in [0.717, 1.165) is 6.21 Å². The minimum absolute atomic E-state index is 0.0628. The fourth-order valence-electron chi connectivity index (χ4n) is 0.311. The number of nitrogens with two attached hydrogens (primary N) is 1. The molecule has 5 nitrogen and oxygen atoms in total. The molecule has 0 aliphatic heterocycles. The second-order valence-corrected chi connectivity index (χ2v) is 2.93. The molecular formula is C5H5Cl2N3O2S. The minimum Gasteiger partial charge on any atom is -0.477 e. The third kappa shape index (κ3) is 5.40. The lowest BCUT2D eigenvalue weighted by atomic mass is 10.5. The average Bonchev–Trinajstić information content (AvgIpc) is 2.02. The molecule has 0 unspecified atom stereocenters. The van der Waals surface area contributed by atoms with Crippen molar-refractivity contribution in [3.8, 4) is 0 Å². The largest absolute Gasteiger partial charge is 0.477 e. The van der Waals surface area contributed by atoms with Gasteiger partial charge in [0, 0.05) is 0 Å². The molecule has 0 amide bonds. The molecule has 0 atom stereocenters. The van der Waals surface area contributed by atoms with Gasteiger partial charge >= 0.3 is 5.97 Å². The van der Waals surface area contributed by atoms with E-state index in [9.17, 15) is 4.79 Å². The van der Waals surface area contributed by atoms with E-state index in [0.29, 0.717) is 0 Å². The van der Waals surface area contributed by atoms with Crippen molar-refractivity contribution < 1.29 is 9.90 Å². The second-order valence-electron chi connectivity index (χ2n) is 1.70. The standard InChI is InChI=1S/C5H5Cl2N3O2S/c6-2(3(7)4(11)12)1-9-10-5(8)13/h1H,(H,11,12)(H3,8,10,13)/b3-2+,9-1+. The zero-order valence-corrected chi connectivity index (χ0v) is 8.45. The van der Waals surface area contributed by atoms with Crippen LogP contribution in [0.1, 0.15) is 0 Å². The number of allylic oxidation sites excluding steroid dienone is 1. The van der Waals surface area contributed by atoms with Gasteiger partial charge in [0.2, 0.25) is 0 Å². The Bertz CT molecular complexity index is 290. The molecule has 0 rings (SSSR count). The number of carbonyl (C=O) groups is 1. The molecule has 0 radical (unpaired) electrons. The van der Waals surface area contributed by atoms with E-state index in [4.69, 9.17) is 34.0 Å². The topological polar surface area (TPSA) is 87.7 Å². The fourth-order valence-corrected chi connectivity index (χ4v) is 0.543. The molecule has 72 valence electrons. The van der Waals surface area contributed by atoms with Crippen molar-refractivity contribution >= 4 is 52.7 Å². The normalized spacial score (nSPS) is 12.5. The number of carboxylic acid groups (broad SMARTS) is 1. The van der Waals surface area contributed by atoms with Crippen molar-refractivity contribution in [3.63, 3.8) is 0 Å². The first kappa shape index (κ1) is 12.2. The highest BCUT2D eigenvalue weighted by Crippen LogP contribution is 2.11. The van der Waals surface area contributed by atoms with Crippen molar-refractivity contribution in [3.05, 3.63) is 10.1 Å². The summed E-state index contributed by atoms with van der Waals surface area (Å²) in [5, 5.41) is 10.9. The maximum atomic E-state index is 10.2. The number of aliphatic carboxylic acids is 1. The molecule has 0 saturated carbocycles. The number of hydrazone groups is 1. The molecule has 0 aliphatic rings. The average molecular weight is 242 g/mol. The predicted octanol–water partition coefficient (Wildman–Crippen LogP) is 0.579. The monoisotopic (exact) mass is 241 g/mol. The Morgan fingerprint density at radius 2 is 2.15 bits per heavy atom. The molecular weight excluding hydrogens is 237 g/mol. The second kappa shape index (κ2) is 5.74. The van der Waals surface area contributed by atoms with E-state index >= 15 is 0 Å². The smallest absolute Gasteiger partial charge is 0.348 e. The number of nitrogens with zero attached hydrogens (tertiary/aromatic N) is 1. The van der Waals surface area contributed by atoms with Crippen LogP contribution in [-0.2, 0) is 4.79 Å². The molecule has 13 heavy (non-hydrogen) atoms. The molecule has 0 fully saturated rings. The zero-order chi connectivity index (χ0) is 10.4. The van der Waals surface area contributed by atoms with E-state index < -0.39 is 11.0 Å². The van der Waals surface area contributed by atoms with Gasteiger partial charge in [-0.25, -0.2) is 4.79 Å². The Labute approximate surface area is 89.2 Å².